The molecule has 0 saturated heterocycles. The minimum Gasteiger partial charge on any atom is -0.481 e. The van der Waals surface area contributed by atoms with Crippen LogP contribution in [0.25, 0.3) is 0 Å². The summed E-state index contributed by atoms with van der Waals surface area (Å²) in [6.45, 7) is 2.05. The summed E-state index contributed by atoms with van der Waals surface area (Å²) in [5, 5.41) is 8.87. The molecule has 4 atom stereocenters. The molecule has 1 N–H and O–H groups in total. The van der Waals surface area contributed by atoms with Gasteiger partial charge in [-0.05, 0) is 24.2 Å². The Morgan fingerprint density at radius 1 is 1.45 bits per heavy atom. The van der Waals surface area contributed by atoms with Crippen molar-refractivity contribution in [2.24, 2.45) is 23.7 Å². The number of rotatable bonds is 1. The van der Waals surface area contributed by atoms with Crippen LogP contribution in [0.4, 0.5) is 0 Å². The number of carboxylic acids is 1. The average molecular weight is 152 g/mol. The Morgan fingerprint density at radius 3 is 2.45 bits per heavy atom. The van der Waals surface area contributed by atoms with Gasteiger partial charge in [0.2, 0.25) is 0 Å². The van der Waals surface area contributed by atoms with Gasteiger partial charge in [-0.2, -0.15) is 0 Å². The van der Waals surface area contributed by atoms with Gasteiger partial charge in [-0.3, -0.25) is 4.79 Å². The molecular formula is C9H12O2. The van der Waals surface area contributed by atoms with E-state index in [1.807, 2.05) is 6.92 Å². The monoisotopic (exact) mass is 152 g/mol. The largest absolute Gasteiger partial charge is 0.481 e. The summed E-state index contributed by atoms with van der Waals surface area (Å²) >= 11 is 0. The molecule has 0 amide bonds. The van der Waals surface area contributed by atoms with Crippen LogP contribution in [0.15, 0.2) is 12.2 Å². The smallest absolute Gasteiger partial charge is 0.307 e. The van der Waals surface area contributed by atoms with Crippen LogP contribution in [0.1, 0.15) is 13.3 Å². The Balaban J connectivity index is 2.25. The van der Waals surface area contributed by atoms with Crippen molar-refractivity contribution in [3.05, 3.63) is 12.2 Å². The quantitative estimate of drug-likeness (QED) is 0.578. The van der Waals surface area contributed by atoms with E-state index < -0.39 is 5.97 Å². The summed E-state index contributed by atoms with van der Waals surface area (Å²) in [6.07, 6.45) is 5.32. The number of aliphatic carboxylic acids is 1. The molecule has 0 aromatic rings. The highest BCUT2D eigenvalue weighted by Crippen LogP contribution is 2.47. The highest BCUT2D eigenvalue weighted by atomic mass is 16.4. The van der Waals surface area contributed by atoms with Crippen molar-refractivity contribution in [3.63, 3.8) is 0 Å². The normalized spacial score (nSPS) is 46.6. The van der Waals surface area contributed by atoms with Gasteiger partial charge in [0.05, 0.1) is 5.92 Å². The van der Waals surface area contributed by atoms with Crippen LogP contribution in [0, 0.1) is 23.7 Å². The van der Waals surface area contributed by atoms with Crippen LogP contribution in [0.5, 0.6) is 0 Å². The third kappa shape index (κ3) is 0.817. The van der Waals surface area contributed by atoms with E-state index in [0.29, 0.717) is 17.8 Å². The van der Waals surface area contributed by atoms with E-state index in [4.69, 9.17) is 5.11 Å². The molecule has 0 aromatic heterocycles. The molecule has 0 radical (unpaired) electrons. The van der Waals surface area contributed by atoms with Crippen LogP contribution < -0.4 is 0 Å². The van der Waals surface area contributed by atoms with Crippen LogP contribution in [-0.4, -0.2) is 11.1 Å². The van der Waals surface area contributed by atoms with Gasteiger partial charge in [0.15, 0.2) is 0 Å². The molecule has 2 heteroatoms. The van der Waals surface area contributed by atoms with E-state index in [0.717, 1.165) is 6.42 Å². The SMILES string of the molecule is C[C@@H]1C2C=CC(C2)[C@H]1C(=O)O. The van der Waals surface area contributed by atoms with Crippen LogP contribution in [-0.2, 0) is 4.79 Å². The van der Waals surface area contributed by atoms with Crippen molar-refractivity contribution in [2.75, 3.05) is 0 Å². The number of carbonyl (C=O) groups is 1. The summed E-state index contributed by atoms with van der Waals surface area (Å²) < 4.78 is 0. The lowest BCUT2D eigenvalue weighted by Gasteiger charge is -2.19. The zero-order chi connectivity index (χ0) is 8.01. The summed E-state index contributed by atoms with van der Waals surface area (Å²) in [5.41, 5.74) is 0. The maximum Gasteiger partial charge on any atom is 0.307 e. The second-order valence-corrected chi connectivity index (χ2v) is 3.67. The fourth-order valence-corrected chi connectivity index (χ4v) is 2.48. The van der Waals surface area contributed by atoms with Gasteiger partial charge in [-0.15, -0.1) is 0 Å². The second kappa shape index (κ2) is 2.10. The van der Waals surface area contributed by atoms with Crippen LogP contribution in [0.2, 0.25) is 0 Å². The van der Waals surface area contributed by atoms with Crippen molar-refractivity contribution in [2.45, 2.75) is 13.3 Å². The van der Waals surface area contributed by atoms with Crippen molar-refractivity contribution in [1.82, 2.24) is 0 Å². The topological polar surface area (TPSA) is 37.3 Å². The molecule has 2 unspecified atom stereocenters. The number of fused-ring (bicyclic) bond motifs is 2. The van der Waals surface area contributed by atoms with Gasteiger partial charge in [0.1, 0.15) is 0 Å². The first-order valence-corrected chi connectivity index (χ1v) is 4.11. The highest BCUT2D eigenvalue weighted by Gasteiger charge is 2.45. The van der Waals surface area contributed by atoms with E-state index in [2.05, 4.69) is 12.2 Å². The summed E-state index contributed by atoms with van der Waals surface area (Å²) in [5.74, 6) is 0.496. The van der Waals surface area contributed by atoms with Gasteiger partial charge in [0, 0.05) is 0 Å². The lowest BCUT2D eigenvalue weighted by molar-refractivity contribution is -0.144. The number of hydrogen-bond acceptors (Lipinski definition) is 1. The van der Waals surface area contributed by atoms with Crippen LogP contribution in [0.3, 0.4) is 0 Å². The molecular weight excluding hydrogens is 140 g/mol. The van der Waals surface area contributed by atoms with Gasteiger partial charge in [-0.25, -0.2) is 0 Å². The molecule has 2 rings (SSSR count). The third-order valence-electron chi connectivity index (χ3n) is 3.14. The fraction of sp³-hybridized carbons (Fsp3) is 0.667. The molecule has 1 fully saturated rings. The molecule has 0 aromatic carbocycles. The summed E-state index contributed by atoms with van der Waals surface area (Å²) in [7, 11) is 0. The number of allylic oxidation sites excluding steroid dienone is 2. The van der Waals surface area contributed by atoms with Crippen molar-refractivity contribution in [3.8, 4) is 0 Å². The van der Waals surface area contributed by atoms with E-state index in [1.165, 1.54) is 0 Å². The second-order valence-electron chi connectivity index (χ2n) is 3.67. The molecule has 2 aliphatic rings. The molecule has 0 heterocycles. The minimum absolute atomic E-state index is 0.106. The van der Waals surface area contributed by atoms with E-state index in [-0.39, 0.29) is 5.92 Å². The molecule has 0 aliphatic heterocycles. The van der Waals surface area contributed by atoms with E-state index in [9.17, 15) is 4.79 Å². The predicted molar refractivity (Wildman–Crippen MR) is 41.0 cm³/mol. The number of hydrogen-bond donors (Lipinski definition) is 1. The third-order valence-corrected chi connectivity index (χ3v) is 3.14. The van der Waals surface area contributed by atoms with E-state index in [1.54, 1.807) is 0 Å². The van der Waals surface area contributed by atoms with Crippen molar-refractivity contribution >= 4 is 5.97 Å². The first-order valence-electron chi connectivity index (χ1n) is 4.11. The Labute approximate surface area is 65.9 Å². The molecule has 2 bridgehead atoms. The maximum atomic E-state index is 10.8. The van der Waals surface area contributed by atoms with E-state index >= 15 is 0 Å². The summed E-state index contributed by atoms with van der Waals surface area (Å²) in [6, 6.07) is 0. The zero-order valence-electron chi connectivity index (χ0n) is 6.53. The Bertz CT molecular complexity index is 220. The van der Waals surface area contributed by atoms with Crippen molar-refractivity contribution in [1.29, 1.82) is 0 Å². The Morgan fingerprint density at radius 2 is 2.09 bits per heavy atom. The number of carboxylic acid groups (broad SMARTS) is 1. The molecule has 2 nitrogen and oxygen atoms in total. The first-order chi connectivity index (χ1) is 5.20. The van der Waals surface area contributed by atoms with Gasteiger partial charge in [0.25, 0.3) is 0 Å². The molecule has 2 aliphatic carbocycles. The average Bonchev–Trinajstić information content (AvgIpc) is 2.44. The van der Waals surface area contributed by atoms with Gasteiger partial charge >= 0.3 is 5.97 Å². The standard InChI is InChI=1S/C9H12O2/c1-5-6-2-3-7(4-6)8(5)9(10)11/h2-3,5-8H,4H2,1H3,(H,10,11)/t5-,6?,7?,8+/m1/s1. The van der Waals surface area contributed by atoms with Gasteiger partial charge in [-0.1, -0.05) is 19.1 Å². The minimum atomic E-state index is -0.616. The molecule has 11 heavy (non-hydrogen) atoms. The van der Waals surface area contributed by atoms with Crippen molar-refractivity contribution < 1.29 is 9.90 Å². The molecule has 0 spiro atoms. The van der Waals surface area contributed by atoms with Crippen LogP contribution >= 0.6 is 0 Å². The summed E-state index contributed by atoms with van der Waals surface area (Å²) in [4.78, 5) is 10.8. The highest BCUT2D eigenvalue weighted by molar-refractivity contribution is 5.72. The zero-order valence-corrected chi connectivity index (χ0v) is 6.53. The Hall–Kier alpha value is -0.790. The maximum absolute atomic E-state index is 10.8. The lowest BCUT2D eigenvalue weighted by Crippen LogP contribution is -2.25. The Kier molecular flexibility index (Phi) is 1.31. The first kappa shape index (κ1) is 6.89. The molecule has 1 saturated carbocycles. The fourth-order valence-electron chi connectivity index (χ4n) is 2.48. The lowest BCUT2D eigenvalue weighted by atomic mass is 9.85. The predicted octanol–water partition coefficient (Wildman–Crippen LogP) is 1.53. The van der Waals surface area contributed by atoms with Gasteiger partial charge < -0.3 is 5.11 Å². The molecule has 60 valence electrons.